The maximum absolute atomic E-state index is 12.5. The summed E-state index contributed by atoms with van der Waals surface area (Å²) in [5.41, 5.74) is -1.10. The van der Waals surface area contributed by atoms with Gasteiger partial charge in [0.15, 0.2) is 12.6 Å². The lowest BCUT2D eigenvalue weighted by atomic mass is 9.41. The van der Waals surface area contributed by atoms with Crippen LogP contribution in [0.25, 0.3) is 0 Å². The minimum absolute atomic E-state index is 0.0640. The molecule has 2 saturated heterocycles. The maximum Gasteiger partial charge on any atom is 0.309 e. The molecule has 6 aliphatic rings. The molecule has 0 amide bonds. The second kappa shape index (κ2) is 11.7. The molecule has 8 N–H and O–H groups in total. The Morgan fingerprint density at radius 3 is 2.11 bits per heavy atom. The van der Waals surface area contributed by atoms with Crippen molar-refractivity contribution in [2.75, 3.05) is 13.2 Å². The Hall–Kier alpha value is -1.23. The van der Waals surface area contributed by atoms with Gasteiger partial charge in [0, 0.05) is 0 Å². The summed E-state index contributed by atoms with van der Waals surface area (Å²) in [6, 6.07) is 0. The second-order valence-corrected chi connectivity index (χ2v) is 15.2. The standard InChI is InChI=1S/C32H50O13/c1-15-11-31-9-5-18-29(2,7-4-8-30(18,3)28(40)41)19(31)6-10-32(15,14-31)45-27-25(23(38)21(36)17(13-34)43-27)44-26-24(39)22(37)20(35)16(12-33)42-26/h16-27,33-39H,1,4-14H2,2-3H3,(H,40,41)/t16-,17-,18+,19+,20-,21-,22+,23+,24-,25-,26+,27+,29-,30-,31-,32+/m0/s1. The van der Waals surface area contributed by atoms with Gasteiger partial charge in [-0.1, -0.05) is 19.9 Å². The van der Waals surface area contributed by atoms with Gasteiger partial charge < -0.3 is 59.8 Å². The van der Waals surface area contributed by atoms with Crippen LogP contribution in [0.3, 0.4) is 0 Å². The minimum Gasteiger partial charge on any atom is -0.481 e. The normalized spacial score (nSPS) is 54.7. The molecule has 16 atom stereocenters. The molecule has 0 radical (unpaired) electrons. The molecule has 6 fully saturated rings. The third-order valence-corrected chi connectivity index (χ3v) is 12.9. The van der Waals surface area contributed by atoms with E-state index in [0.717, 1.165) is 37.7 Å². The fourth-order valence-electron chi connectivity index (χ4n) is 10.6. The number of carboxylic acids is 1. The van der Waals surface area contributed by atoms with Crippen molar-refractivity contribution in [3.8, 4) is 0 Å². The summed E-state index contributed by atoms with van der Waals surface area (Å²) in [6.07, 6.45) is -8.44. The van der Waals surface area contributed by atoms with Crippen LogP contribution in [0, 0.1) is 28.1 Å². The van der Waals surface area contributed by atoms with E-state index in [9.17, 15) is 45.6 Å². The molecule has 0 aromatic carbocycles. The molecule has 256 valence electrons. The number of rotatable bonds is 7. The number of ether oxygens (including phenoxy) is 4. The Morgan fingerprint density at radius 1 is 0.844 bits per heavy atom. The van der Waals surface area contributed by atoms with Gasteiger partial charge in [-0.3, -0.25) is 4.79 Å². The van der Waals surface area contributed by atoms with Gasteiger partial charge in [0.05, 0.1) is 24.2 Å². The highest BCUT2D eigenvalue weighted by Crippen LogP contribution is 2.73. The molecule has 2 bridgehead atoms. The average molecular weight is 643 g/mol. The fraction of sp³-hybridized carbons (Fsp3) is 0.906. The summed E-state index contributed by atoms with van der Waals surface area (Å²) in [4.78, 5) is 12.5. The van der Waals surface area contributed by atoms with Gasteiger partial charge in [-0.25, -0.2) is 0 Å². The Balaban J connectivity index is 1.26. The third kappa shape index (κ3) is 5.04. The van der Waals surface area contributed by atoms with E-state index >= 15 is 0 Å². The van der Waals surface area contributed by atoms with Crippen LogP contribution in [0.2, 0.25) is 0 Å². The van der Waals surface area contributed by atoms with E-state index in [-0.39, 0.29) is 22.7 Å². The van der Waals surface area contributed by atoms with Crippen LogP contribution in [-0.4, -0.2) is 127 Å². The number of carboxylic acid groups (broad SMARTS) is 1. The van der Waals surface area contributed by atoms with E-state index in [0.29, 0.717) is 25.7 Å². The number of carbonyl (C=O) groups is 1. The summed E-state index contributed by atoms with van der Waals surface area (Å²) in [5, 5.41) is 82.8. The van der Waals surface area contributed by atoms with Gasteiger partial charge in [0.2, 0.25) is 0 Å². The largest absolute Gasteiger partial charge is 0.481 e. The first-order valence-electron chi connectivity index (χ1n) is 16.3. The molecule has 4 aliphatic carbocycles. The monoisotopic (exact) mass is 642 g/mol. The topological polar surface area (TPSA) is 216 Å². The Bertz CT molecular complexity index is 1150. The van der Waals surface area contributed by atoms with Gasteiger partial charge in [0.1, 0.15) is 48.8 Å². The molecule has 45 heavy (non-hydrogen) atoms. The zero-order valence-corrected chi connectivity index (χ0v) is 26.0. The van der Waals surface area contributed by atoms with E-state index in [1.54, 1.807) is 0 Å². The van der Waals surface area contributed by atoms with Crippen molar-refractivity contribution in [2.45, 2.75) is 139 Å². The molecular formula is C32H50O13. The molecule has 0 aromatic rings. The SMILES string of the molecule is C=C1C[C@]23CC[C@@H]4[C@](C)(CCC[C@]4(C)C(=O)O)[C@H]2CC[C@@]1(O[C@H]1O[C@@H](CO)[C@H](O)[C@@H](O)[C@@H]1O[C@H]1O[C@@H](CO)[C@H](O)[C@@H](O)[C@@H]1O)C3. The molecule has 2 aliphatic heterocycles. The first-order chi connectivity index (χ1) is 21.2. The van der Waals surface area contributed by atoms with Crippen molar-refractivity contribution in [3.63, 3.8) is 0 Å². The summed E-state index contributed by atoms with van der Waals surface area (Å²) in [5.74, 6) is -0.392. The van der Waals surface area contributed by atoms with Crippen LogP contribution < -0.4 is 0 Å². The highest BCUT2D eigenvalue weighted by atomic mass is 16.8. The molecule has 6 rings (SSSR count). The lowest BCUT2D eigenvalue weighted by Gasteiger charge is -2.64. The number of hydrogen-bond donors (Lipinski definition) is 8. The van der Waals surface area contributed by atoms with Gasteiger partial charge in [-0.05, 0) is 86.5 Å². The van der Waals surface area contributed by atoms with Crippen molar-refractivity contribution < 1.29 is 64.6 Å². The van der Waals surface area contributed by atoms with Crippen LogP contribution in [0.15, 0.2) is 12.2 Å². The molecule has 13 heteroatoms. The van der Waals surface area contributed by atoms with Crippen LogP contribution in [0.4, 0.5) is 0 Å². The highest BCUT2D eigenvalue weighted by molar-refractivity contribution is 5.75. The predicted molar refractivity (Wildman–Crippen MR) is 154 cm³/mol. The van der Waals surface area contributed by atoms with Gasteiger partial charge in [0.25, 0.3) is 0 Å². The second-order valence-electron chi connectivity index (χ2n) is 15.2. The van der Waals surface area contributed by atoms with E-state index in [1.165, 1.54) is 0 Å². The zero-order valence-electron chi connectivity index (χ0n) is 26.0. The van der Waals surface area contributed by atoms with Gasteiger partial charge in [-0.15, -0.1) is 0 Å². The first kappa shape index (κ1) is 33.7. The Labute approximate surface area is 262 Å². The van der Waals surface area contributed by atoms with E-state index < -0.39 is 91.6 Å². The number of fused-ring (bicyclic) bond motifs is 3. The van der Waals surface area contributed by atoms with E-state index in [4.69, 9.17) is 18.9 Å². The van der Waals surface area contributed by atoms with Gasteiger partial charge in [-0.2, -0.15) is 0 Å². The van der Waals surface area contributed by atoms with Crippen LogP contribution in [0.5, 0.6) is 0 Å². The van der Waals surface area contributed by atoms with Crippen LogP contribution >= 0.6 is 0 Å². The maximum atomic E-state index is 12.5. The summed E-state index contributed by atoms with van der Waals surface area (Å²) in [6.45, 7) is 7.33. The molecule has 0 unspecified atom stereocenters. The molecular weight excluding hydrogens is 592 g/mol. The smallest absolute Gasteiger partial charge is 0.309 e. The highest BCUT2D eigenvalue weighted by Gasteiger charge is 2.69. The summed E-state index contributed by atoms with van der Waals surface area (Å²) < 4.78 is 24.1. The van der Waals surface area contributed by atoms with Crippen molar-refractivity contribution in [3.05, 3.63) is 12.2 Å². The molecule has 2 heterocycles. The molecule has 0 aromatic heterocycles. The molecule has 13 nitrogen and oxygen atoms in total. The van der Waals surface area contributed by atoms with Gasteiger partial charge >= 0.3 is 5.97 Å². The molecule has 4 saturated carbocycles. The predicted octanol–water partition coefficient (Wildman–Crippen LogP) is -0.197. The lowest BCUT2D eigenvalue weighted by molar-refractivity contribution is -0.378. The zero-order chi connectivity index (χ0) is 32.7. The summed E-state index contributed by atoms with van der Waals surface area (Å²) in [7, 11) is 0. The van der Waals surface area contributed by atoms with Crippen molar-refractivity contribution >= 4 is 5.97 Å². The number of aliphatic carboxylic acids is 1. The Morgan fingerprint density at radius 2 is 1.47 bits per heavy atom. The lowest BCUT2D eigenvalue weighted by Crippen LogP contribution is -2.65. The van der Waals surface area contributed by atoms with E-state index in [2.05, 4.69) is 13.5 Å². The summed E-state index contributed by atoms with van der Waals surface area (Å²) >= 11 is 0. The number of aliphatic hydroxyl groups excluding tert-OH is 7. The number of aliphatic hydroxyl groups is 7. The van der Waals surface area contributed by atoms with Crippen molar-refractivity contribution in [2.24, 2.45) is 28.1 Å². The third-order valence-electron chi connectivity index (χ3n) is 12.9. The van der Waals surface area contributed by atoms with Crippen LogP contribution in [0.1, 0.15) is 71.6 Å². The van der Waals surface area contributed by atoms with Crippen molar-refractivity contribution in [1.82, 2.24) is 0 Å². The average Bonchev–Trinajstić information content (AvgIpc) is 3.19. The van der Waals surface area contributed by atoms with Crippen molar-refractivity contribution in [1.29, 1.82) is 0 Å². The Kier molecular flexibility index (Phi) is 8.77. The van der Waals surface area contributed by atoms with Crippen LogP contribution in [-0.2, 0) is 23.7 Å². The first-order valence-corrected chi connectivity index (χ1v) is 16.3. The quantitative estimate of drug-likeness (QED) is 0.134. The number of hydrogen-bond acceptors (Lipinski definition) is 12. The molecule has 1 spiro atoms. The van der Waals surface area contributed by atoms with E-state index in [1.807, 2.05) is 6.92 Å². The minimum atomic E-state index is -1.76. The fourth-order valence-corrected chi connectivity index (χ4v) is 10.6.